The van der Waals surface area contributed by atoms with Crippen LogP contribution in [0.25, 0.3) is 11.0 Å². The first-order chi connectivity index (χ1) is 17.2. The molecule has 3 aromatic carbocycles. The highest BCUT2D eigenvalue weighted by Crippen LogP contribution is 2.33. The summed E-state index contributed by atoms with van der Waals surface area (Å²) in [6, 6.07) is 16.6. The zero-order chi connectivity index (χ0) is 25.9. The van der Waals surface area contributed by atoms with Gasteiger partial charge in [-0.1, -0.05) is 50.2 Å². The fourth-order valence-corrected chi connectivity index (χ4v) is 3.74. The number of alkyl halides is 3. The van der Waals surface area contributed by atoms with Gasteiger partial charge in [-0.05, 0) is 28.8 Å². The molecular formula is C28H25F3O5. The first-order valence-corrected chi connectivity index (χ1v) is 11.4. The lowest BCUT2D eigenvalue weighted by Gasteiger charge is -2.15. The molecule has 0 amide bonds. The van der Waals surface area contributed by atoms with Gasteiger partial charge in [0, 0.05) is 24.1 Å². The van der Waals surface area contributed by atoms with Gasteiger partial charge in [-0.25, -0.2) is 0 Å². The number of rotatable bonds is 8. The maximum absolute atomic E-state index is 13.1. The number of fused-ring (bicyclic) bond motifs is 1. The number of aliphatic hydroxyl groups excluding tert-OH is 1. The van der Waals surface area contributed by atoms with E-state index in [4.69, 9.17) is 13.9 Å². The van der Waals surface area contributed by atoms with Gasteiger partial charge in [-0.3, -0.25) is 4.79 Å². The minimum Gasteiger partial charge on any atom is -0.489 e. The standard InChI is InChI=1S/C28H25F3O5/c1-17(2)24-13-23(33)27-25(35-16-20-8-4-3-7-19(20)14-32)11-22(12-26(27)36-24)34-15-18-6-5-9-21(10-18)28(29,30)31/h3-13,17,32H,14-16H2,1-2H3. The minimum absolute atomic E-state index is 0.0439. The van der Waals surface area contributed by atoms with Crippen LogP contribution < -0.4 is 14.9 Å². The molecule has 0 fully saturated rings. The molecule has 0 saturated heterocycles. The second kappa shape index (κ2) is 10.5. The molecular weight excluding hydrogens is 473 g/mol. The Morgan fingerprint density at radius 3 is 2.36 bits per heavy atom. The molecule has 0 atom stereocenters. The van der Waals surface area contributed by atoms with E-state index < -0.39 is 11.7 Å². The fraction of sp³-hybridized carbons (Fsp3) is 0.250. The Bertz CT molecular complexity index is 1420. The van der Waals surface area contributed by atoms with Gasteiger partial charge in [-0.15, -0.1) is 0 Å². The Morgan fingerprint density at radius 1 is 0.917 bits per heavy atom. The van der Waals surface area contributed by atoms with Crippen molar-refractivity contribution in [2.24, 2.45) is 0 Å². The van der Waals surface area contributed by atoms with E-state index in [9.17, 15) is 23.1 Å². The lowest BCUT2D eigenvalue weighted by Crippen LogP contribution is -2.08. The molecule has 1 aromatic heterocycles. The number of aliphatic hydroxyl groups is 1. The zero-order valence-electron chi connectivity index (χ0n) is 19.8. The summed E-state index contributed by atoms with van der Waals surface area (Å²) in [5, 5.41) is 9.82. The summed E-state index contributed by atoms with van der Waals surface area (Å²) >= 11 is 0. The molecule has 36 heavy (non-hydrogen) atoms. The van der Waals surface area contributed by atoms with Crippen LogP contribution in [0.15, 0.2) is 75.9 Å². The summed E-state index contributed by atoms with van der Waals surface area (Å²) in [6.07, 6.45) is -4.46. The molecule has 188 valence electrons. The van der Waals surface area contributed by atoms with Gasteiger partial charge in [0.2, 0.25) is 0 Å². The molecule has 4 aromatic rings. The van der Waals surface area contributed by atoms with E-state index in [1.165, 1.54) is 30.3 Å². The van der Waals surface area contributed by atoms with Gasteiger partial charge < -0.3 is 19.0 Å². The van der Waals surface area contributed by atoms with Crippen LogP contribution in [-0.2, 0) is 26.0 Å². The first-order valence-electron chi connectivity index (χ1n) is 11.4. The largest absolute Gasteiger partial charge is 0.489 e. The highest BCUT2D eigenvalue weighted by Gasteiger charge is 2.30. The van der Waals surface area contributed by atoms with Gasteiger partial charge in [0.05, 0.1) is 12.2 Å². The van der Waals surface area contributed by atoms with Crippen LogP contribution >= 0.6 is 0 Å². The quantitative estimate of drug-likeness (QED) is 0.297. The third-order valence-corrected chi connectivity index (χ3v) is 5.69. The van der Waals surface area contributed by atoms with Crippen LogP contribution in [0.3, 0.4) is 0 Å². The van der Waals surface area contributed by atoms with Crippen LogP contribution in [0.1, 0.15) is 47.8 Å². The lowest BCUT2D eigenvalue weighted by molar-refractivity contribution is -0.137. The smallest absolute Gasteiger partial charge is 0.416 e. The number of benzene rings is 3. The number of halogens is 3. The van der Waals surface area contributed by atoms with Crippen LogP contribution in [0, 0.1) is 0 Å². The van der Waals surface area contributed by atoms with Crippen LogP contribution in [0.4, 0.5) is 13.2 Å². The SMILES string of the molecule is CC(C)c1cc(=O)c2c(OCc3ccccc3CO)cc(OCc3cccc(C(F)(F)F)c3)cc2o1. The van der Waals surface area contributed by atoms with Crippen molar-refractivity contribution in [1.82, 2.24) is 0 Å². The molecule has 0 saturated carbocycles. The minimum atomic E-state index is -4.46. The molecule has 0 spiro atoms. The maximum atomic E-state index is 13.1. The Hall–Kier alpha value is -3.78. The van der Waals surface area contributed by atoms with E-state index >= 15 is 0 Å². The Kier molecular flexibility index (Phi) is 7.35. The number of hydrogen-bond donors (Lipinski definition) is 1. The number of hydrogen-bond acceptors (Lipinski definition) is 5. The summed E-state index contributed by atoms with van der Waals surface area (Å²) in [7, 11) is 0. The molecule has 8 heteroatoms. The molecule has 5 nitrogen and oxygen atoms in total. The Balaban J connectivity index is 1.69. The molecule has 1 heterocycles. The van der Waals surface area contributed by atoms with Crippen LogP contribution in [0.5, 0.6) is 11.5 Å². The molecule has 1 N–H and O–H groups in total. The third kappa shape index (κ3) is 5.71. The monoisotopic (exact) mass is 498 g/mol. The Labute approximate surface area is 205 Å². The van der Waals surface area contributed by atoms with Crippen molar-refractivity contribution in [3.8, 4) is 11.5 Å². The highest BCUT2D eigenvalue weighted by molar-refractivity contribution is 5.85. The average molecular weight is 498 g/mol. The van der Waals surface area contributed by atoms with E-state index in [1.807, 2.05) is 19.9 Å². The van der Waals surface area contributed by atoms with Crippen molar-refractivity contribution >= 4 is 11.0 Å². The van der Waals surface area contributed by atoms with E-state index in [0.717, 1.165) is 17.7 Å². The third-order valence-electron chi connectivity index (χ3n) is 5.69. The summed E-state index contributed by atoms with van der Waals surface area (Å²) in [6.45, 7) is 3.56. The Morgan fingerprint density at radius 2 is 1.67 bits per heavy atom. The van der Waals surface area contributed by atoms with Crippen molar-refractivity contribution < 1.29 is 32.2 Å². The van der Waals surface area contributed by atoms with Crippen molar-refractivity contribution in [2.75, 3.05) is 0 Å². The maximum Gasteiger partial charge on any atom is 0.416 e. The predicted molar refractivity (Wildman–Crippen MR) is 129 cm³/mol. The molecule has 0 bridgehead atoms. The molecule has 0 unspecified atom stereocenters. The predicted octanol–water partition coefficient (Wildman–Crippen LogP) is 6.59. The number of ether oxygens (including phenoxy) is 2. The summed E-state index contributed by atoms with van der Waals surface area (Å²) in [4.78, 5) is 13.0. The summed E-state index contributed by atoms with van der Waals surface area (Å²) in [5.74, 6) is 0.925. The van der Waals surface area contributed by atoms with Crippen molar-refractivity contribution in [2.45, 2.75) is 45.8 Å². The van der Waals surface area contributed by atoms with Gasteiger partial charge in [0.15, 0.2) is 5.43 Å². The van der Waals surface area contributed by atoms with Crippen molar-refractivity contribution in [1.29, 1.82) is 0 Å². The van der Waals surface area contributed by atoms with Gasteiger partial charge in [-0.2, -0.15) is 13.2 Å². The first kappa shape index (κ1) is 25.3. The van der Waals surface area contributed by atoms with Gasteiger partial charge in [0.1, 0.15) is 41.4 Å². The van der Waals surface area contributed by atoms with Gasteiger partial charge >= 0.3 is 6.18 Å². The van der Waals surface area contributed by atoms with E-state index in [-0.39, 0.29) is 53.6 Å². The molecule has 4 rings (SSSR count). The summed E-state index contributed by atoms with van der Waals surface area (Å²) in [5.41, 5.74) is 0.968. The van der Waals surface area contributed by atoms with Crippen molar-refractivity contribution in [3.05, 3.63) is 105 Å². The molecule has 0 aliphatic rings. The van der Waals surface area contributed by atoms with E-state index in [0.29, 0.717) is 16.9 Å². The summed E-state index contributed by atoms with van der Waals surface area (Å²) < 4.78 is 56.9. The van der Waals surface area contributed by atoms with E-state index in [2.05, 4.69) is 0 Å². The average Bonchev–Trinajstić information content (AvgIpc) is 2.85. The lowest BCUT2D eigenvalue weighted by atomic mass is 10.1. The van der Waals surface area contributed by atoms with Crippen LogP contribution in [-0.4, -0.2) is 5.11 Å². The fourth-order valence-electron chi connectivity index (χ4n) is 3.74. The molecule has 0 aliphatic heterocycles. The highest BCUT2D eigenvalue weighted by atomic mass is 19.4. The topological polar surface area (TPSA) is 68.9 Å². The normalized spacial score (nSPS) is 11.8. The second-order valence-corrected chi connectivity index (χ2v) is 8.66. The molecule has 0 aliphatic carbocycles. The zero-order valence-corrected chi connectivity index (χ0v) is 19.8. The van der Waals surface area contributed by atoms with Gasteiger partial charge in [0.25, 0.3) is 0 Å². The van der Waals surface area contributed by atoms with E-state index in [1.54, 1.807) is 18.2 Å². The molecule has 0 radical (unpaired) electrons. The van der Waals surface area contributed by atoms with Crippen LogP contribution in [0.2, 0.25) is 0 Å². The second-order valence-electron chi connectivity index (χ2n) is 8.66. The van der Waals surface area contributed by atoms with Crippen molar-refractivity contribution in [3.63, 3.8) is 0 Å².